The van der Waals surface area contributed by atoms with Gasteiger partial charge in [0.1, 0.15) is 31.4 Å². The zero-order valence-electron chi connectivity index (χ0n) is 17.0. The second-order valence-electron chi connectivity index (χ2n) is 6.95. The predicted molar refractivity (Wildman–Crippen MR) is 115 cm³/mol. The van der Waals surface area contributed by atoms with Gasteiger partial charge in [0.25, 0.3) is 10.0 Å². The third-order valence-corrected chi connectivity index (χ3v) is 6.68. The minimum Gasteiger partial charge on any atom is -0.491 e. The molecule has 0 unspecified atom stereocenters. The minimum atomic E-state index is -4.10. The third kappa shape index (κ3) is 4.44. The Morgan fingerprint density at radius 3 is 2.45 bits per heavy atom. The van der Waals surface area contributed by atoms with Crippen LogP contribution >= 0.6 is 0 Å². The Morgan fingerprint density at radius 2 is 1.68 bits per heavy atom. The highest BCUT2D eigenvalue weighted by Crippen LogP contribution is 2.34. The summed E-state index contributed by atoms with van der Waals surface area (Å²) in [5.74, 6) is 0.828. The zero-order chi connectivity index (χ0) is 21.8. The zero-order valence-corrected chi connectivity index (χ0v) is 17.8. The average molecular weight is 443 g/mol. The van der Waals surface area contributed by atoms with Gasteiger partial charge in [-0.3, -0.25) is 4.31 Å². The van der Waals surface area contributed by atoms with E-state index in [4.69, 9.17) is 14.2 Å². The lowest BCUT2D eigenvalue weighted by atomic mass is 10.2. The normalized spacial score (nSPS) is 13.0. The summed E-state index contributed by atoms with van der Waals surface area (Å²) in [6.45, 7) is 2.60. The molecule has 0 spiro atoms. The van der Waals surface area contributed by atoms with Crippen molar-refractivity contribution in [2.75, 3.05) is 30.7 Å². The van der Waals surface area contributed by atoms with E-state index in [1.54, 1.807) is 18.2 Å². The summed E-state index contributed by atoms with van der Waals surface area (Å²) in [7, 11) is -4.10. The molecule has 31 heavy (non-hydrogen) atoms. The van der Waals surface area contributed by atoms with Gasteiger partial charge >= 0.3 is 0 Å². The van der Waals surface area contributed by atoms with Gasteiger partial charge in [-0.2, -0.15) is 0 Å². The van der Waals surface area contributed by atoms with Gasteiger partial charge in [0.2, 0.25) is 0 Å². The topological polar surface area (TPSA) is 65.1 Å². The van der Waals surface area contributed by atoms with Gasteiger partial charge in [0.15, 0.2) is 11.5 Å². The predicted octanol–water partition coefficient (Wildman–Crippen LogP) is 4.18. The highest BCUT2D eigenvalue weighted by Gasteiger charge is 2.28. The number of ether oxygens (including phenoxy) is 3. The molecule has 0 saturated carbocycles. The Hall–Kier alpha value is -3.26. The van der Waals surface area contributed by atoms with E-state index in [-0.39, 0.29) is 23.7 Å². The first-order valence-corrected chi connectivity index (χ1v) is 11.3. The molecule has 6 nitrogen and oxygen atoms in total. The number of fused-ring (bicyclic) bond motifs is 1. The number of rotatable bonds is 7. The van der Waals surface area contributed by atoms with Crippen molar-refractivity contribution in [2.45, 2.75) is 11.8 Å². The van der Waals surface area contributed by atoms with Gasteiger partial charge in [-0.05, 0) is 42.8 Å². The molecule has 0 N–H and O–H groups in total. The molecule has 0 bridgehead atoms. The van der Waals surface area contributed by atoms with Crippen LogP contribution in [-0.2, 0) is 10.0 Å². The number of hydrogen-bond acceptors (Lipinski definition) is 5. The molecule has 0 aliphatic carbocycles. The molecule has 0 aromatic heterocycles. The van der Waals surface area contributed by atoms with Gasteiger partial charge < -0.3 is 14.2 Å². The lowest BCUT2D eigenvalue weighted by molar-refractivity contribution is 0.171. The number of anilines is 1. The fourth-order valence-electron chi connectivity index (χ4n) is 3.29. The van der Waals surface area contributed by atoms with Gasteiger partial charge in [-0.25, -0.2) is 12.8 Å². The van der Waals surface area contributed by atoms with Crippen LogP contribution in [-0.4, -0.2) is 34.8 Å². The van der Waals surface area contributed by atoms with E-state index in [0.717, 1.165) is 9.87 Å². The van der Waals surface area contributed by atoms with E-state index in [1.807, 2.05) is 25.1 Å². The Balaban J connectivity index is 1.65. The number of hydrogen-bond donors (Lipinski definition) is 0. The summed E-state index contributed by atoms with van der Waals surface area (Å²) in [5, 5.41) is 0. The fraction of sp³-hybridized carbons (Fsp3) is 0.217. The second-order valence-corrected chi connectivity index (χ2v) is 8.81. The molecule has 0 radical (unpaired) electrons. The third-order valence-electron chi connectivity index (χ3n) is 4.87. The summed E-state index contributed by atoms with van der Waals surface area (Å²) in [6, 6.07) is 17.6. The molecular weight excluding hydrogens is 421 g/mol. The first-order valence-electron chi connectivity index (χ1n) is 9.82. The van der Waals surface area contributed by atoms with Crippen molar-refractivity contribution in [3.05, 3.63) is 78.1 Å². The van der Waals surface area contributed by atoms with Gasteiger partial charge in [-0.1, -0.05) is 30.3 Å². The Bertz CT molecular complexity index is 1180. The van der Waals surface area contributed by atoms with Crippen LogP contribution in [0.5, 0.6) is 17.2 Å². The molecule has 162 valence electrons. The van der Waals surface area contributed by atoms with Crippen molar-refractivity contribution in [3.63, 3.8) is 0 Å². The highest BCUT2D eigenvalue weighted by atomic mass is 32.2. The molecule has 0 atom stereocenters. The SMILES string of the molecule is Cc1ccccc1OCCN(c1ccccc1F)S(=O)(=O)c1ccc2c(c1)OCCO2. The molecule has 3 aromatic carbocycles. The van der Waals surface area contributed by atoms with E-state index in [0.29, 0.717) is 30.5 Å². The van der Waals surface area contributed by atoms with Crippen molar-refractivity contribution >= 4 is 15.7 Å². The molecule has 1 aliphatic heterocycles. The maximum absolute atomic E-state index is 14.6. The standard InChI is InChI=1S/C23H22FNO5S/c1-17-6-2-5-9-21(17)28-13-12-25(20-8-4-3-7-19(20)24)31(26,27)18-10-11-22-23(16-18)30-15-14-29-22/h2-11,16H,12-15H2,1H3. The molecule has 3 aromatic rings. The van der Waals surface area contributed by atoms with Crippen LogP contribution in [0.4, 0.5) is 10.1 Å². The van der Waals surface area contributed by atoms with Crippen LogP contribution in [0.2, 0.25) is 0 Å². The number of nitrogens with zero attached hydrogens (tertiary/aromatic N) is 1. The number of halogens is 1. The first kappa shape index (κ1) is 21.0. The van der Waals surface area contributed by atoms with E-state index in [1.165, 1.54) is 30.3 Å². The highest BCUT2D eigenvalue weighted by molar-refractivity contribution is 7.92. The molecule has 8 heteroatoms. The van der Waals surface area contributed by atoms with Gasteiger partial charge in [0, 0.05) is 6.07 Å². The minimum absolute atomic E-state index is 0.0177. The molecule has 0 fully saturated rings. The fourth-order valence-corrected chi connectivity index (χ4v) is 4.76. The lowest BCUT2D eigenvalue weighted by Gasteiger charge is -2.26. The summed E-state index contributed by atoms with van der Waals surface area (Å²) >= 11 is 0. The van der Waals surface area contributed by atoms with Crippen LogP contribution in [0.25, 0.3) is 0 Å². The van der Waals surface area contributed by atoms with Crippen molar-refractivity contribution in [1.29, 1.82) is 0 Å². The van der Waals surface area contributed by atoms with Crippen LogP contribution in [0.3, 0.4) is 0 Å². The van der Waals surface area contributed by atoms with E-state index in [2.05, 4.69) is 0 Å². The largest absolute Gasteiger partial charge is 0.491 e. The second kappa shape index (κ2) is 8.85. The van der Waals surface area contributed by atoms with Crippen molar-refractivity contribution in [3.8, 4) is 17.2 Å². The summed E-state index contributed by atoms with van der Waals surface area (Å²) in [5.41, 5.74) is 0.875. The molecule has 1 aliphatic rings. The molecule has 1 heterocycles. The average Bonchev–Trinajstić information content (AvgIpc) is 2.78. The smallest absolute Gasteiger partial charge is 0.264 e. The summed E-state index contributed by atoms with van der Waals surface area (Å²) in [6.07, 6.45) is 0. The van der Waals surface area contributed by atoms with E-state index >= 15 is 0 Å². The van der Waals surface area contributed by atoms with Crippen molar-refractivity contribution in [2.24, 2.45) is 0 Å². The van der Waals surface area contributed by atoms with Crippen LogP contribution in [0, 0.1) is 12.7 Å². The van der Waals surface area contributed by atoms with Crippen LogP contribution in [0.15, 0.2) is 71.6 Å². The number of para-hydroxylation sites is 2. The van der Waals surface area contributed by atoms with Crippen LogP contribution in [0.1, 0.15) is 5.56 Å². The van der Waals surface area contributed by atoms with E-state index in [9.17, 15) is 12.8 Å². The Kier molecular flexibility index (Phi) is 5.99. The molecule has 4 rings (SSSR count). The Morgan fingerprint density at radius 1 is 0.968 bits per heavy atom. The molecular formula is C23H22FNO5S. The summed E-state index contributed by atoms with van der Waals surface area (Å²) in [4.78, 5) is -0.0177. The first-order chi connectivity index (χ1) is 15.0. The monoisotopic (exact) mass is 443 g/mol. The molecule has 0 amide bonds. The summed E-state index contributed by atoms with van der Waals surface area (Å²) < 4.78 is 59.3. The number of benzene rings is 3. The number of sulfonamides is 1. The maximum atomic E-state index is 14.6. The van der Waals surface area contributed by atoms with Crippen molar-refractivity contribution in [1.82, 2.24) is 0 Å². The number of aryl methyl sites for hydroxylation is 1. The van der Waals surface area contributed by atoms with Crippen molar-refractivity contribution < 1.29 is 27.0 Å². The molecule has 0 saturated heterocycles. The van der Waals surface area contributed by atoms with E-state index < -0.39 is 15.8 Å². The van der Waals surface area contributed by atoms with Gasteiger partial charge in [-0.15, -0.1) is 0 Å². The van der Waals surface area contributed by atoms with Gasteiger partial charge in [0.05, 0.1) is 17.1 Å². The maximum Gasteiger partial charge on any atom is 0.264 e. The lowest BCUT2D eigenvalue weighted by Crippen LogP contribution is -2.35. The Labute approximate surface area is 180 Å². The van der Waals surface area contributed by atoms with Crippen LogP contribution < -0.4 is 18.5 Å². The quantitative estimate of drug-likeness (QED) is 0.548.